The Labute approximate surface area is 184 Å². The summed E-state index contributed by atoms with van der Waals surface area (Å²) in [5.41, 5.74) is 5.67. The number of carbonyl (C=O) groups excluding carboxylic acids is 3. The summed E-state index contributed by atoms with van der Waals surface area (Å²) in [5.74, 6) is -3.37. The molecule has 10 heteroatoms. The monoisotopic (exact) mass is 446 g/mol. The number of carboxylic acid groups (broad SMARTS) is 1. The van der Waals surface area contributed by atoms with Crippen molar-refractivity contribution >= 4 is 36.3 Å². The van der Waals surface area contributed by atoms with Crippen LogP contribution in [0.5, 0.6) is 0 Å². The number of nitrogens with two attached hydrogens (primary N) is 1. The minimum atomic E-state index is -1.13. The summed E-state index contributed by atoms with van der Waals surface area (Å²) in [4.78, 5) is 49.5. The van der Waals surface area contributed by atoms with Crippen molar-refractivity contribution in [3.05, 3.63) is 0 Å². The van der Waals surface area contributed by atoms with Gasteiger partial charge in [-0.1, -0.05) is 54.4 Å². The van der Waals surface area contributed by atoms with E-state index in [9.17, 15) is 24.3 Å². The summed E-state index contributed by atoms with van der Waals surface area (Å²) in [5, 5.41) is 17.3. The van der Waals surface area contributed by atoms with Crippen molar-refractivity contribution < 1.29 is 24.3 Å². The van der Waals surface area contributed by atoms with Gasteiger partial charge in [-0.25, -0.2) is 4.79 Å². The first-order chi connectivity index (χ1) is 13.9. The SMILES string of the molecule is CCC(C)C(NC(=O)C(NC(=O)C(NC(=O)C(N)CS)C(C)C)C(C)CC)C(=O)O. The van der Waals surface area contributed by atoms with Crippen LogP contribution in [0.1, 0.15) is 54.4 Å². The Morgan fingerprint density at radius 2 is 1.20 bits per heavy atom. The van der Waals surface area contributed by atoms with Gasteiger partial charge in [0.25, 0.3) is 0 Å². The second-order valence-electron chi connectivity index (χ2n) is 8.10. The van der Waals surface area contributed by atoms with Crippen LogP contribution in [0.25, 0.3) is 0 Å². The number of carbonyl (C=O) groups is 4. The first-order valence-corrected chi connectivity index (χ1v) is 11.0. The predicted molar refractivity (Wildman–Crippen MR) is 119 cm³/mol. The van der Waals surface area contributed by atoms with Crippen LogP contribution in [0.2, 0.25) is 0 Å². The zero-order chi connectivity index (χ0) is 23.6. The van der Waals surface area contributed by atoms with Gasteiger partial charge in [0.2, 0.25) is 17.7 Å². The minimum absolute atomic E-state index is 0.127. The number of carboxylic acids is 1. The molecule has 0 spiro atoms. The summed E-state index contributed by atoms with van der Waals surface area (Å²) in [6.07, 6.45) is 1.16. The highest BCUT2D eigenvalue weighted by atomic mass is 32.1. The molecule has 0 saturated carbocycles. The van der Waals surface area contributed by atoms with E-state index in [-0.39, 0.29) is 23.5 Å². The Kier molecular flexibility index (Phi) is 12.7. The van der Waals surface area contributed by atoms with Gasteiger partial charge < -0.3 is 26.8 Å². The summed E-state index contributed by atoms with van der Waals surface area (Å²) in [7, 11) is 0. The van der Waals surface area contributed by atoms with Gasteiger partial charge in [-0.2, -0.15) is 12.6 Å². The third-order valence-corrected chi connectivity index (χ3v) is 5.74. The number of hydrogen-bond acceptors (Lipinski definition) is 6. The van der Waals surface area contributed by atoms with Crippen LogP contribution in [-0.2, 0) is 19.2 Å². The lowest BCUT2D eigenvalue weighted by Crippen LogP contribution is -2.60. The molecule has 0 bridgehead atoms. The van der Waals surface area contributed by atoms with Crippen LogP contribution in [0.4, 0.5) is 0 Å². The molecule has 0 saturated heterocycles. The summed E-state index contributed by atoms with van der Waals surface area (Å²) >= 11 is 3.99. The molecule has 0 fully saturated rings. The van der Waals surface area contributed by atoms with E-state index in [1.165, 1.54) is 0 Å². The van der Waals surface area contributed by atoms with Crippen molar-refractivity contribution in [3.63, 3.8) is 0 Å². The van der Waals surface area contributed by atoms with Crippen LogP contribution in [0, 0.1) is 17.8 Å². The molecule has 0 aromatic carbocycles. The van der Waals surface area contributed by atoms with E-state index in [4.69, 9.17) is 5.73 Å². The van der Waals surface area contributed by atoms with Crippen LogP contribution in [0.3, 0.4) is 0 Å². The zero-order valence-corrected chi connectivity index (χ0v) is 19.7. The van der Waals surface area contributed by atoms with Gasteiger partial charge in [0.05, 0.1) is 6.04 Å². The summed E-state index contributed by atoms with van der Waals surface area (Å²) in [6.45, 7) is 10.8. The van der Waals surface area contributed by atoms with Crippen molar-refractivity contribution in [2.75, 3.05) is 5.75 Å². The lowest BCUT2D eigenvalue weighted by molar-refractivity contribution is -0.144. The molecule has 9 nitrogen and oxygen atoms in total. The molecule has 0 aliphatic carbocycles. The van der Waals surface area contributed by atoms with Gasteiger partial charge in [0.15, 0.2) is 0 Å². The lowest BCUT2D eigenvalue weighted by atomic mass is 9.94. The van der Waals surface area contributed by atoms with Crippen LogP contribution in [0.15, 0.2) is 0 Å². The van der Waals surface area contributed by atoms with Gasteiger partial charge in [0.1, 0.15) is 18.1 Å². The Morgan fingerprint density at radius 3 is 1.60 bits per heavy atom. The molecule has 6 atom stereocenters. The highest BCUT2D eigenvalue weighted by molar-refractivity contribution is 7.80. The maximum absolute atomic E-state index is 12.9. The maximum Gasteiger partial charge on any atom is 0.326 e. The smallest absolute Gasteiger partial charge is 0.326 e. The Balaban J connectivity index is 5.52. The highest BCUT2D eigenvalue weighted by Gasteiger charge is 2.34. The predicted octanol–water partition coefficient (Wildman–Crippen LogP) is 0.531. The van der Waals surface area contributed by atoms with Gasteiger partial charge in [-0.15, -0.1) is 0 Å². The summed E-state index contributed by atoms with van der Waals surface area (Å²) < 4.78 is 0. The average Bonchev–Trinajstić information content (AvgIpc) is 2.70. The zero-order valence-electron chi connectivity index (χ0n) is 18.8. The largest absolute Gasteiger partial charge is 0.480 e. The molecule has 174 valence electrons. The topological polar surface area (TPSA) is 151 Å². The van der Waals surface area contributed by atoms with E-state index in [1.54, 1.807) is 27.7 Å². The fraction of sp³-hybridized carbons (Fsp3) is 0.800. The van der Waals surface area contributed by atoms with Crippen LogP contribution in [-0.4, -0.2) is 58.7 Å². The molecular formula is C20H38N4O5S. The average molecular weight is 447 g/mol. The van der Waals surface area contributed by atoms with Gasteiger partial charge >= 0.3 is 5.97 Å². The Morgan fingerprint density at radius 1 is 0.800 bits per heavy atom. The molecule has 0 heterocycles. The number of rotatable bonds is 13. The second kappa shape index (κ2) is 13.5. The van der Waals surface area contributed by atoms with E-state index in [0.717, 1.165) is 0 Å². The Bertz CT molecular complexity index is 602. The fourth-order valence-electron chi connectivity index (χ4n) is 2.75. The standard InChI is InChI=1S/C20H38N4O5S/c1-7-11(5)15(19(27)24-16(20(28)29)12(6)8-2)23-18(26)14(10(3)4)22-17(25)13(21)9-30/h10-16,30H,7-9,21H2,1-6H3,(H,22,25)(H,23,26)(H,24,27)(H,28,29). The highest BCUT2D eigenvalue weighted by Crippen LogP contribution is 2.13. The number of thiol groups is 1. The van der Waals surface area contributed by atoms with Crippen molar-refractivity contribution in [3.8, 4) is 0 Å². The third kappa shape index (κ3) is 8.51. The molecule has 6 unspecified atom stereocenters. The van der Waals surface area contributed by atoms with Crippen molar-refractivity contribution in [1.29, 1.82) is 0 Å². The molecule has 6 N–H and O–H groups in total. The molecule has 0 aromatic heterocycles. The number of hydrogen-bond donors (Lipinski definition) is 6. The molecule has 30 heavy (non-hydrogen) atoms. The van der Waals surface area contributed by atoms with Gasteiger partial charge in [-0.3, -0.25) is 14.4 Å². The normalized spacial score (nSPS) is 17.2. The van der Waals surface area contributed by atoms with E-state index in [2.05, 4.69) is 28.6 Å². The maximum atomic E-state index is 12.9. The first kappa shape index (κ1) is 28.2. The minimum Gasteiger partial charge on any atom is -0.480 e. The quantitative estimate of drug-likeness (QED) is 0.227. The van der Waals surface area contributed by atoms with E-state index in [1.807, 2.05) is 13.8 Å². The molecule has 0 aliphatic heterocycles. The molecule has 0 radical (unpaired) electrons. The van der Waals surface area contributed by atoms with Crippen LogP contribution >= 0.6 is 12.6 Å². The van der Waals surface area contributed by atoms with Crippen molar-refractivity contribution in [1.82, 2.24) is 16.0 Å². The summed E-state index contributed by atoms with van der Waals surface area (Å²) in [6, 6.07) is -3.75. The number of nitrogens with one attached hydrogen (secondary N) is 3. The van der Waals surface area contributed by atoms with Crippen molar-refractivity contribution in [2.24, 2.45) is 23.5 Å². The Hall–Kier alpha value is -1.81. The molecule has 0 rings (SSSR count). The first-order valence-electron chi connectivity index (χ1n) is 10.4. The molecule has 0 aromatic rings. The van der Waals surface area contributed by atoms with Gasteiger partial charge in [0, 0.05) is 5.75 Å². The fourth-order valence-corrected chi connectivity index (χ4v) is 2.92. The molecular weight excluding hydrogens is 408 g/mol. The lowest BCUT2D eigenvalue weighted by Gasteiger charge is -2.30. The van der Waals surface area contributed by atoms with Crippen LogP contribution < -0.4 is 21.7 Å². The molecule has 3 amide bonds. The van der Waals surface area contributed by atoms with E-state index < -0.39 is 47.9 Å². The molecule has 0 aliphatic rings. The number of amides is 3. The van der Waals surface area contributed by atoms with E-state index >= 15 is 0 Å². The number of aliphatic carboxylic acids is 1. The third-order valence-electron chi connectivity index (χ3n) is 5.35. The van der Waals surface area contributed by atoms with Crippen molar-refractivity contribution in [2.45, 2.75) is 78.6 Å². The second-order valence-corrected chi connectivity index (χ2v) is 8.47. The van der Waals surface area contributed by atoms with Gasteiger partial charge in [-0.05, 0) is 17.8 Å². The van der Waals surface area contributed by atoms with E-state index in [0.29, 0.717) is 12.8 Å².